The van der Waals surface area contributed by atoms with E-state index in [0.29, 0.717) is 38.4 Å². The van der Waals surface area contributed by atoms with Crippen LogP contribution in [0, 0.1) is 17.3 Å². The van der Waals surface area contributed by atoms with Gasteiger partial charge in [-0.25, -0.2) is 0 Å². The van der Waals surface area contributed by atoms with Crippen LogP contribution in [-0.2, 0) is 16.0 Å². The van der Waals surface area contributed by atoms with Crippen molar-refractivity contribution in [1.82, 2.24) is 10.2 Å². The highest BCUT2D eigenvalue weighted by molar-refractivity contribution is 7.13. The number of nitrogens with one attached hydrogen (secondary N) is 1. The monoisotopic (exact) mass is 408 g/mol. The number of nitrogens with zero attached hydrogens (tertiary/aromatic N) is 1. The van der Waals surface area contributed by atoms with E-state index in [9.17, 15) is 9.59 Å². The summed E-state index contributed by atoms with van der Waals surface area (Å²) in [6.07, 6.45) is 4.02. The zero-order valence-electron chi connectivity index (χ0n) is 16.9. The molecule has 4 nitrogen and oxygen atoms in total. The number of carbonyl (C=O) groups is 2. The minimum absolute atomic E-state index is 0.0260. The Kier molecular flexibility index (Phi) is 5.59. The molecule has 2 fully saturated rings. The predicted octanol–water partition coefficient (Wildman–Crippen LogP) is 4.13. The van der Waals surface area contributed by atoms with E-state index < -0.39 is 5.41 Å². The number of amides is 2. The molecule has 2 heterocycles. The lowest BCUT2D eigenvalue weighted by molar-refractivity contribution is -0.134. The topological polar surface area (TPSA) is 49.4 Å². The molecule has 2 aromatic rings. The average Bonchev–Trinajstić information content (AvgIpc) is 3.14. The molecular formula is C24H28N2O2S. The third kappa shape index (κ3) is 4.15. The van der Waals surface area contributed by atoms with Crippen LogP contribution in [0.5, 0.6) is 0 Å². The standard InChI is InChI=1S/C24H28N2O2S/c1-3-10-25-23(28)24(9-11-26(16-24)22(27)20-13-17(20)2)15-18-6-4-7-19(14-18)21-8-5-12-29-21/h3-8,12,14,17,20H,1,9-11,13,15-16H2,2H3,(H,25,28)/t17-,20-,24+/m1/s1. The van der Waals surface area contributed by atoms with Crippen LogP contribution in [0.4, 0.5) is 0 Å². The summed E-state index contributed by atoms with van der Waals surface area (Å²) in [4.78, 5) is 29.1. The SMILES string of the molecule is C=CCNC(=O)[C@]1(Cc2cccc(-c3cccs3)c2)CCN(C(=O)[C@@H]2C[C@H]2C)C1. The van der Waals surface area contributed by atoms with Crippen molar-refractivity contribution in [1.29, 1.82) is 0 Å². The van der Waals surface area contributed by atoms with Gasteiger partial charge < -0.3 is 10.2 Å². The van der Waals surface area contributed by atoms with E-state index in [4.69, 9.17) is 0 Å². The maximum Gasteiger partial charge on any atom is 0.228 e. The quantitative estimate of drug-likeness (QED) is 0.700. The number of thiophene rings is 1. The molecule has 3 atom stereocenters. The van der Waals surface area contributed by atoms with E-state index in [1.807, 2.05) is 4.90 Å². The zero-order valence-corrected chi connectivity index (χ0v) is 17.7. The van der Waals surface area contributed by atoms with Crippen LogP contribution in [0.25, 0.3) is 10.4 Å². The molecule has 1 saturated carbocycles. The van der Waals surface area contributed by atoms with E-state index >= 15 is 0 Å². The molecule has 1 saturated heterocycles. The van der Waals surface area contributed by atoms with Gasteiger partial charge >= 0.3 is 0 Å². The first kappa shape index (κ1) is 19.9. The molecule has 1 N–H and O–H groups in total. The fourth-order valence-corrected chi connectivity index (χ4v) is 5.12. The lowest BCUT2D eigenvalue weighted by atomic mass is 9.79. The van der Waals surface area contributed by atoms with Crippen molar-refractivity contribution in [2.45, 2.75) is 26.2 Å². The van der Waals surface area contributed by atoms with Crippen molar-refractivity contribution < 1.29 is 9.59 Å². The summed E-state index contributed by atoms with van der Waals surface area (Å²) in [5, 5.41) is 5.07. The fourth-order valence-electron chi connectivity index (χ4n) is 4.39. The highest BCUT2D eigenvalue weighted by atomic mass is 32.1. The van der Waals surface area contributed by atoms with Crippen molar-refractivity contribution in [2.24, 2.45) is 17.3 Å². The lowest BCUT2D eigenvalue weighted by Gasteiger charge is -2.28. The number of likely N-dealkylation sites (tertiary alicyclic amines) is 1. The van der Waals surface area contributed by atoms with Gasteiger partial charge in [0.15, 0.2) is 0 Å². The predicted molar refractivity (Wildman–Crippen MR) is 118 cm³/mol. The van der Waals surface area contributed by atoms with Gasteiger partial charge in [-0.2, -0.15) is 0 Å². The molecule has 0 radical (unpaired) electrons. The first-order valence-electron chi connectivity index (χ1n) is 10.3. The Balaban J connectivity index is 1.57. The average molecular weight is 409 g/mol. The molecule has 1 aliphatic carbocycles. The summed E-state index contributed by atoms with van der Waals surface area (Å²) >= 11 is 1.72. The van der Waals surface area contributed by atoms with Crippen LogP contribution in [0.1, 0.15) is 25.3 Å². The second kappa shape index (κ2) is 8.15. The summed E-state index contributed by atoms with van der Waals surface area (Å²) in [5.74, 6) is 0.889. The smallest absolute Gasteiger partial charge is 0.228 e. The van der Waals surface area contributed by atoms with Crippen LogP contribution in [0.15, 0.2) is 54.4 Å². The molecule has 0 bridgehead atoms. The molecule has 0 unspecified atom stereocenters. The summed E-state index contributed by atoms with van der Waals surface area (Å²) in [6.45, 7) is 7.44. The highest BCUT2D eigenvalue weighted by Crippen LogP contribution is 2.42. The molecule has 29 heavy (non-hydrogen) atoms. The molecule has 2 amide bonds. The van der Waals surface area contributed by atoms with E-state index in [1.54, 1.807) is 17.4 Å². The Bertz CT molecular complexity index is 907. The summed E-state index contributed by atoms with van der Waals surface area (Å²) in [6, 6.07) is 12.6. The molecular weight excluding hydrogens is 380 g/mol. The molecule has 1 aromatic carbocycles. The summed E-state index contributed by atoms with van der Waals surface area (Å²) < 4.78 is 0. The van der Waals surface area contributed by atoms with Gasteiger partial charge in [-0.15, -0.1) is 17.9 Å². The van der Waals surface area contributed by atoms with Crippen LogP contribution in [0.2, 0.25) is 0 Å². The van der Waals surface area contributed by atoms with Gasteiger partial charge in [0.25, 0.3) is 0 Å². The van der Waals surface area contributed by atoms with Crippen molar-refractivity contribution in [3.8, 4) is 10.4 Å². The first-order valence-corrected chi connectivity index (χ1v) is 11.2. The highest BCUT2D eigenvalue weighted by Gasteiger charge is 2.49. The Morgan fingerprint density at radius 3 is 2.86 bits per heavy atom. The van der Waals surface area contributed by atoms with Crippen LogP contribution in [0.3, 0.4) is 0 Å². The second-order valence-corrected chi connectivity index (χ2v) is 9.41. The van der Waals surface area contributed by atoms with Crippen molar-refractivity contribution in [2.75, 3.05) is 19.6 Å². The zero-order chi connectivity index (χ0) is 20.4. The molecule has 2 aliphatic rings. The largest absolute Gasteiger partial charge is 0.352 e. The number of hydrogen-bond donors (Lipinski definition) is 1. The van der Waals surface area contributed by atoms with Crippen molar-refractivity contribution in [3.63, 3.8) is 0 Å². The molecule has 1 aliphatic heterocycles. The first-order chi connectivity index (χ1) is 14.0. The third-order valence-corrected chi connectivity index (χ3v) is 7.17. The number of carbonyl (C=O) groups excluding carboxylic acids is 2. The Labute approximate surface area is 176 Å². The van der Waals surface area contributed by atoms with Crippen molar-refractivity contribution in [3.05, 3.63) is 60.0 Å². The van der Waals surface area contributed by atoms with Gasteiger partial charge in [0, 0.05) is 30.4 Å². The summed E-state index contributed by atoms with van der Waals surface area (Å²) in [5.41, 5.74) is 1.74. The van der Waals surface area contributed by atoms with E-state index in [1.165, 1.54) is 10.4 Å². The second-order valence-electron chi connectivity index (χ2n) is 8.46. The Hall–Kier alpha value is -2.40. The minimum Gasteiger partial charge on any atom is -0.352 e. The van der Waals surface area contributed by atoms with Crippen LogP contribution in [-0.4, -0.2) is 36.3 Å². The molecule has 152 valence electrons. The molecule has 1 aromatic heterocycles. The van der Waals surface area contributed by atoms with Gasteiger partial charge in [0.05, 0.1) is 5.41 Å². The molecule has 4 rings (SSSR count). The number of hydrogen-bond acceptors (Lipinski definition) is 3. The van der Waals surface area contributed by atoms with Crippen LogP contribution >= 0.6 is 11.3 Å². The van der Waals surface area contributed by atoms with Crippen LogP contribution < -0.4 is 5.32 Å². The molecule has 0 spiro atoms. The third-order valence-electron chi connectivity index (χ3n) is 6.26. The maximum atomic E-state index is 13.2. The molecule has 5 heteroatoms. The van der Waals surface area contributed by atoms with Gasteiger partial charge in [-0.1, -0.05) is 43.3 Å². The summed E-state index contributed by atoms with van der Waals surface area (Å²) in [7, 11) is 0. The van der Waals surface area contributed by atoms with Gasteiger partial charge in [0.2, 0.25) is 11.8 Å². The van der Waals surface area contributed by atoms with Crippen molar-refractivity contribution >= 4 is 23.2 Å². The lowest BCUT2D eigenvalue weighted by Crippen LogP contribution is -2.45. The number of benzene rings is 1. The normalized spacial score (nSPS) is 25.6. The Morgan fingerprint density at radius 1 is 1.34 bits per heavy atom. The van der Waals surface area contributed by atoms with Gasteiger partial charge in [-0.3, -0.25) is 9.59 Å². The van der Waals surface area contributed by atoms with E-state index in [0.717, 1.165) is 12.0 Å². The van der Waals surface area contributed by atoms with E-state index in [2.05, 4.69) is 60.6 Å². The number of rotatable bonds is 7. The minimum atomic E-state index is -0.579. The maximum absolute atomic E-state index is 13.2. The Morgan fingerprint density at radius 2 is 2.17 bits per heavy atom. The van der Waals surface area contributed by atoms with Gasteiger partial charge in [0.1, 0.15) is 0 Å². The van der Waals surface area contributed by atoms with Gasteiger partial charge in [-0.05, 0) is 47.8 Å². The fraction of sp³-hybridized carbons (Fsp3) is 0.417. The van der Waals surface area contributed by atoms with E-state index in [-0.39, 0.29) is 17.7 Å².